The third-order valence-electron chi connectivity index (χ3n) is 9.12. The van der Waals surface area contributed by atoms with Gasteiger partial charge in [-0.25, -0.2) is 10.5 Å². The van der Waals surface area contributed by atoms with E-state index in [0.29, 0.717) is 36.8 Å². The fourth-order valence-corrected chi connectivity index (χ4v) is 7.03. The highest BCUT2D eigenvalue weighted by atomic mass is 32.2. The topological polar surface area (TPSA) is 143 Å². The molecule has 1 fully saturated rings. The Bertz CT molecular complexity index is 1830. The molecule has 1 aliphatic heterocycles. The van der Waals surface area contributed by atoms with Crippen LogP contribution in [-0.4, -0.2) is 39.0 Å². The van der Waals surface area contributed by atoms with E-state index in [1.165, 1.54) is 11.8 Å². The van der Waals surface area contributed by atoms with E-state index in [4.69, 9.17) is 24.1 Å². The minimum Gasteiger partial charge on any atom is -0.431 e. The smallest absolute Gasteiger partial charge is 0.256 e. The van der Waals surface area contributed by atoms with Crippen molar-refractivity contribution in [1.29, 1.82) is 0 Å². The minimum absolute atomic E-state index is 0.0191. The molecule has 276 valence electrons. The van der Waals surface area contributed by atoms with Gasteiger partial charge in [-0.15, -0.1) is 0 Å². The number of unbranched alkanes of at least 4 members (excludes halogenated alkanes) is 3. The average Bonchev–Trinajstić information content (AvgIpc) is 3.65. The van der Waals surface area contributed by atoms with Gasteiger partial charge in [0.2, 0.25) is 11.8 Å². The van der Waals surface area contributed by atoms with Gasteiger partial charge in [-0.2, -0.15) is 0 Å². The maximum Gasteiger partial charge on any atom is 0.256 e. The summed E-state index contributed by atoms with van der Waals surface area (Å²) in [6, 6.07) is 35.8. The molecule has 2 amide bonds. The largest absolute Gasteiger partial charge is 0.431 e. The number of nitrogens with one attached hydrogen (secondary N) is 2. The molecule has 1 aliphatic rings. The van der Waals surface area contributed by atoms with Crippen LogP contribution in [0, 0.1) is 0 Å². The first-order valence-electron chi connectivity index (χ1n) is 18.0. The van der Waals surface area contributed by atoms with Gasteiger partial charge in [0.1, 0.15) is 5.69 Å². The quantitative estimate of drug-likeness (QED) is 0.0321. The van der Waals surface area contributed by atoms with E-state index < -0.39 is 6.29 Å². The Morgan fingerprint density at radius 3 is 2.02 bits per heavy atom. The SMILES string of the molecule is O=C(CCCCCCC(=O)NCc1ccc(C2OC(CSc3nc(-c4ccccc4)c(-c4ccccc4)o3)CC(c3ccc(CO)cc3)O2)cc1)NO. The molecule has 4 aromatic carbocycles. The Morgan fingerprint density at radius 1 is 0.736 bits per heavy atom. The van der Waals surface area contributed by atoms with Crippen LogP contribution >= 0.6 is 11.8 Å². The summed E-state index contributed by atoms with van der Waals surface area (Å²) >= 11 is 1.52. The summed E-state index contributed by atoms with van der Waals surface area (Å²) in [6.45, 7) is 0.385. The zero-order chi connectivity index (χ0) is 36.8. The normalized spacial score (nSPS) is 17.0. The van der Waals surface area contributed by atoms with Gasteiger partial charge in [-0.3, -0.25) is 14.8 Å². The second-order valence-corrected chi connectivity index (χ2v) is 14.0. The molecule has 10 nitrogen and oxygen atoms in total. The van der Waals surface area contributed by atoms with Gasteiger partial charge < -0.3 is 24.3 Å². The number of carbonyl (C=O) groups is 2. The van der Waals surface area contributed by atoms with Crippen molar-refractivity contribution in [1.82, 2.24) is 15.8 Å². The standard InChI is InChI=1S/C42H45N3O7S/c46-27-30-19-21-31(22-20-30)36-25-35(28-53-42-44-39(32-11-5-3-6-12-32)40(52-42)33-13-7-4-8-14-33)50-41(51-36)34-23-17-29(18-24-34)26-43-37(47)15-9-1-2-10-16-38(48)45-49/h3-8,11-14,17-24,35-36,41,46,49H,1-2,9-10,15-16,25-28H2,(H,43,47)(H,45,48). The number of carbonyl (C=O) groups excluding carboxylic acids is 2. The average molecular weight is 736 g/mol. The number of aliphatic hydroxyl groups excluding tert-OH is 1. The maximum absolute atomic E-state index is 12.4. The summed E-state index contributed by atoms with van der Waals surface area (Å²) < 4.78 is 19.5. The lowest BCUT2D eigenvalue weighted by molar-refractivity contribution is -0.245. The number of hydrogen-bond donors (Lipinski definition) is 4. The van der Waals surface area contributed by atoms with Crippen molar-refractivity contribution in [3.05, 3.63) is 131 Å². The number of rotatable bonds is 17. The Hall–Kier alpha value is -4.78. The lowest BCUT2D eigenvalue weighted by Crippen LogP contribution is -2.31. The number of nitrogens with zero attached hydrogens (tertiary/aromatic N) is 1. The fraction of sp³-hybridized carbons (Fsp3) is 0.310. The number of hydroxylamine groups is 1. The van der Waals surface area contributed by atoms with Crippen molar-refractivity contribution in [3.8, 4) is 22.6 Å². The highest BCUT2D eigenvalue weighted by Gasteiger charge is 2.33. The minimum atomic E-state index is -0.617. The van der Waals surface area contributed by atoms with E-state index in [1.54, 1.807) is 5.48 Å². The molecule has 0 spiro atoms. The van der Waals surface area contributed by atoms with Crippen molar-refractivity contribution < 1.29 is 33.8 Å². The van der Waals surface area contributed by atoms with E-state index in [0.717, 1.165) is 64.1 Å². The van der Waals surface area contributed by atoms with Gasteiger partial charge in [0.05, 0.1) is 18.8 Å². The lowest BCUT2D eigenvalue weighted by Gasteiger charge is -2.36. The predicted molar refractivity (Wildman–Crippen MR) is 202 cm³/mol. The third kappa shape index (κ3) is 10.9. The van der Waals surface area contributed by atoms with Gasteiger partial charge in [0.15, 0.2) is 12.1 Å². The van der Waals surface area contributed by atoms with Crippen LogP contribution in [0.3, 0.4) is 0 Å². The second kappa shape index (κ2) is 19.3. The molecule has 2 heterocycles. The number of aromatic nitrogens is 1. The summed E-state index contributed by atoms with van der Waals surface area (Å²) in [4.78, 5) is 28.4. The van der Waals surface area contributed by atoms with E-state index in [2.05, 4.69) is 5.32 Å². The summed E-state index contributed by atoms with van der Waals surface area (Å²) in [6.07, 6.45) is 3.38. The molecule has 3 atom stereocenters. The molecule has 53 heavy (non-hydrogen) atoms. The van der Waals surface area contributed by atoms with Crippen LogP contribution in [-0.2, 0) is 32.2 Å². The molecule has 3 unspecified atom stereocenters. The number of ether oxygens (including phenoxy) is 2. The molecule has 4 N–H and O–H groups in total. The number of hydrogen-bond acceptors (Lipinski definition) is 9. The molecule has 5 aromatic rings. The number of benzene rings is 4. The van der Waals surface area contributed by atoms with Gasteiger partial charge >= 0.3 is 0 Å². The lowest BCUT2D eigenvalue weighted by atomic mass is 10.0. The van der Waals surface area contributed by atoms with Gasteiger partial charge in [-0.05, 0) is 29.5 Å². The Balaban J connectivity index is 1.10. The molecule has 1 saturated heterocycles. The second-order valence-electron chi connectivity index (χ2n) is 13.0. The van der Waals surface area contributed by atoms with Gasteiger partial charge in [0, 0.05) is 48.3 Å². The van der Waals surface area contributed by atoms with Crippen LogP contribution in [0.25, 0.3) is 22.6 Å². The van der Waals surface area contributed by atoms with Crippen molar-refractivity contribution in [2.75, 3.05) is 5.75 Å². The van der Waals surface area contributed by atoms with Crippen LogP contribution in [0.1, 0.15) is 79.6 Å². The first-order valence-corrected chi connectivity index (χ1v) is 19.0. The molecular weight excluding hydrogens is 691 g/mol. The van der Waals surface area contributed by atoms with Gasteiger partial charge in [-0.1, -0.05) is 134 Å². The Kier molecular flexibility index (Phi) is 13.9. The number of amides is 2. The van der Waals surface area contributed by atoms with Crippen LogP contribution in [0.5, 0.6) is 0 Å². The molecule has 1 aromatic heterocycles. The highest BCUT2D eigenvalue weighted by molar-refractivity contribution is 7.99. The molecule has 0 aliphatic carbocycles. The Morgan fingerprint density at radius 2 is 1.36 bits per heavy atom. The molecule has 0 saturated carbocycles. The summed E-state index contributed by atoms with van der Waals surface area (Å²) in [5.41, 5.74) is 8.05. The molecule has 0 radical (unpaired) electrons. The fourth-order valence-electron chi connectivity index (χ4n) is 6.19. The monoisotopic (exact) mass is 735 g/mol. The molecule has 0 bridgehead atoms. The van der Waals surface area contributed by atoms with E-state index >= 15 is 0 Å². The summed E-state index contributed by atoms with van der Waals surface area (Å²) in [5, 5.41) is 21.7. The van der Waals surface area contributed by atoms with Gasteiger partial charge in [0.25, 0.3) is 5.22 Å². The number of oxazole rings is 1. The van der Waals surface area contributed by atoms with E-state index in [9.17, 15) is 14.7 Å². The first-order chi connectivity index (χ1) is 26.0. The maximum atomic E-state index is 12.4. The first kappa shape index (κ1) is 38.0. The highest BCUT2D eigenvalue weighted by Crippen LogP contribution is 2.41. The zero-order valence-corrected chi connectivity index (χ0v) is 30.3. The third-order valence-corrected chi connectivity index (χ3v) is 10.1. The van der Waals surface area contributed by atoms with Crippen LogP contribution in [0.2, 0.25) is 0 Å². The summed E-state index contributed by atoms with van der Waals surface area (Å²) in [7, 11) is 0. The van der Waals surface area contributed by atoms with E-state index in [1.807, 2.05) is 109 Å². The van der Waals surface area contributed by atoms with Crippen LogP contribution < -0.4 is 10.8 Å². The zero-order valence-electron chi connectivity index (χ0n) is 29.5. The van der Waals surface area contributed by atoms with Crippen molar-refractivity contribution in [2.24, 2.45) is 0 Å². The van der Waals surface area contributed by atoms with E-state index in [-0.39, 0.29) is 37.0 Å². The number of aliphatic hydroxyl groups is 1. The molecular formula is C42H45N3O7S. The Labute approximate surface area is 313 Å². The molecule has 11 heteroatoms. The van der Waals surface area contributed by atoms with Crippen LogP contribution in [0.4, 0.5) is 0 Å². The van der Waals surface area contributed by atoms with Crippen molar-refractivity contribution >= 4 is 23.6 Å². The molecule has 6 rings (SSSR count). The van der Waals surface area contributed by atoms with Crippen LogP contribution in [0.15, 0.2) is 119 Å². The van der Waals surface area contributed by atoms with Crippen molar-refractivity contribution in [3.63, 3.8) is 0 Å². The van der Waals surface area contributed by atoms with Crippen molar-refractivity contribution in [2.45, 2.75) is 81.8 Å². The summed E-state index contributed by atoms with van der Waals surface area (Å²) in [5.74, 6) is 0.913. The number of thioether (sulfide) groups is 1. The predicted octanol–water partition coefficient (Wildman–Crippen LogP) is 8.30.